The van der Waals surface area contributed by atoms with Gasteiger partial charge >= 0.3 is 0 Å². The number of hydrazine groups is 1. The Morgan fingerprint density at radius 3 is 2.25 bits per heavy atom. The van der Waals surface area contributed by atoms with E-state index in [-0.39, 0.29) is 0 Å². The van der Waals surface area contributed by atoms with Gasteiger partial charge in [0, 0.05) is 19.8 Å². The Kier molecular flexibility index (Phi) is 3.04. The lowest BCUT2D eigenvalue weighted by Gasteiger charge is -2.36. The van der Waals surface area contributed by atoms with E-state index in [4.69, 9.17) is 0 Å². The van der Waals surface area contributed by atoms with Crippen LogP contribution in [0.5, 0.6) is 0 Å². The first-order valence-electron chi connectivity index (χ1n) is 3.99. The van der Waals surface area contributed by atoms with Crippen LogP contribution in [0.3, 0.4) is 0 Å². The van der Waals surface area contributed by atoms with E-state index in [9.17, 15) is 0 Å². The second-order valence-corrected chi connectivity index (χ2v) is 4.31. The summed E-state index contributed by atoms with van der Waals surface area (Å²) in [6.45, 7) is 2.14. The summed E-state index contributed by atoms with van der Waals surface area (Å²) in [5.74, 6) is 0. The summed E-state index contributed by atoms with van der Waals surface area (Å²) in [7, 11) is 8.33. The average Bonchev–Trinajstić information content (AvgIpc) is 2.30. The Morgan fingerprint density at radius 2 is 1.92 bits per heavy atom. The van der Waals surface area contributed by atoms with Crippen molar-refractivity contribution in [2.45, 2.75) is 12.4 Å². The van der Waals surface area contributed by atoms with Crippen molar-refractivity contribution in [3.05, 3.63) is 11.1 Å². The van der Waals surface area contributed by atoms with Crippen LogP contribution in [0.15, 0.2) is 11.1 Å². The smallest absolute Gasteiger partial charge is 0.148 e. The molecule has 0 aromatic heterocycles. The Hall–Kier alpha value is -0.190. The van der Waals surface area contributed by atoms with Crippen molar-refractivity contribution in [1.82, 2.24) is 14.9 Å². The second-order valence-electron chi connectivity index (χ2n) is 3.38. The van der Waals surface area contributed by atoms with Crippen molar-refractivity contribution in [2.75, 3.05) is 28.2 Å². The van der Waals surface area contributed by atoms with Gasteiger partial charge in [-0.15, -0.1) is 0 Å². The molecule has 3 nitrogen and oxygen atoms in total. The fourth-order valence-electron chi connectivity index (χ4n) is 1.30. The molecule has 0 spiro atoms. The molecular weight excluding hydrogens is 170 g/mol. The highest BCUT2D eigenvalue weighted by Gasteiger charge is 2.27. The van der Waals surface area contributed by atoms with Crippen molar-refractivity contribution in [3.63, 3.8) is 0 Å². The molecule has 4 heteroatoms. The molecule has 70 valence electrons. The summed E-state index contributed by atoms with van der Waals surface area (Å²) >= 11 is 1.84. The molecular formula is C8H17N3S. The van der Waals surface area contributed by atoms with Crippen molar-refractivity contribution in [1.29, 1.82) is 0 Å². The molecule has 1 heterocycles. The fraction of sp³-hybridized carbons (Fsp3) is 0.750. The Balaban J connectivity index is 2.70. The van der Waals surface area contributed by atoms with Crippen molar-refractivity contribution < 1.29 is 0 Å². The van der Waals surface area contributed by atoms with E-state index < -0.39 is 0 Å². The third kappa shape index (κ3) is 1.76. The molecule has 0 bridgehead atoms. The largest absolute Gasteiger partial charge is 0.283 e. The van der Waals surface area contributed by atoms with Crippen LogP contribution in [0.2, 0.25) is 0 Å². The van der Waals surface area contributed by atoms with Gasteiger partial charge in [0.25, 0.3) is 0 Å². The first-order chi connectivity index (χ1) is 5.54. The molecule has 0 saturated carbocycles. The van der Waals surface area contributed by atoms with E-state index in [2.05, 4.69) is 55.4 Å². The average molecular weight is 187 g/mol. The van der Waals surface area contributed by atoms with Gasteiger partial charge in [-0.25, -0.2) is 5.01 Å². The molecule has 0 N–H and O–H groups in total. The summed E-state index contributed by atoms with van der Waals surface area (Å²) in [6, 6.07) is 0. The zero-order valence-electron chi connectivity index (χ0n) is 8.40. The second kappa shape index (κ2) is 3.68. The molecule has 0 saturated heterocycles. The Bertz CT molecular complexity index is 189. The van der Waals surface area contributed by atoms with E-state index in [0.717, 1.165) is 0 Å². The molecule has 0 aliphatic carbocycles. The molecule has 0 fully saturated rings. The highest BCUT2D eigenvalue weighted by Crippen LogP contribution is 2.31. The zero-order chi connectivity index (χ0) is 9.30. The molecule has 0 aromatic carbocycles. The van der Waals surface area contributed by atoms with Crippen molar-refractivity contribution >= 4 is 11.8 Å². The lowest BCUT2D eigenvalue weighted by atomic mass is 10.5. The topological polar surface area (TPSA) is 9.72 Å². The van der Waals surface area contributed by atoms with Gasteiger partial charge in [-0.1, -0.05) is 11.8 Å². The van der Waals surface area contributed by atoms with Crippen LogP contribution >= 0.6 is 11.8 Å². The standard InChI is InChI=1S/C8H17N3S/c1-7-6-12-8(9(2)3)11(7)10(4)5/h6,8H,1-5H3. The summed E-state index contributed by atoms with van der Waals surface area (Å²) in [5, 5.41) is 6.59. The van der Waals surface area contributed by atoms with Crippen LogP contribution < -0.4 is 0 Å². The summed E-state index contributed by atoms with van der Waals surface area (Å²) < 4.78 is 0. The first kappa shape index (κ1) is 9.89. The van der Waals surface area contributed by atoms with Crippen LogP contribution in [0, 0.1) is 0 Å². The third-order valence-corrected chi connectivity index (χ3v) is 3.15. The van der Waals surface area contributed by atoms with Gasteiger partial charge < -0.3 is 0 Å². The zero-order valence-corrected chi connectivity index (χ0v) is 9.22. The van der Waals surface area contributed by atoms with Gasteiger partial charge in [-0.3, -0.25) is 9.91 Å². The third-order valence-electron chi connectivity index (χ3n) is 1.80. The van der Waals surface area contributed by atoms with E-state index in [1.54, 1.807) is 0 Å². The number of rotatable bonds is 2. The lowest BCUT2D eigenvalue weighted by molar-refractivity contribution is 0.00946. The van der Waals surface area contributed by atoms with Crippen LogP contribution in [-0.4, -0.2) is 48.6 Å². The number of hydrogen-bond acceptors (Lipinski definition) is 4. The van der Waals surface area contributed by atoms with Crippen molar-refractivity contribution in [3.8, 4) is 0 Å². The molecule has 1 rings (SSSR count). The SMILES string of the molecule is CC1=CSC(N(C)C)N1N(C)C. The van der Waals surface area contributed by atoms with Gasteiger partial charge in [0.1, 0.15) is 5.50 Å². The number of nitrogens with zero attached hydrogens (tertiary/aromatic N) is 3. The predicted octanol–water partition coefficient (Wildman–Crippen LogP) is 1.22. The molecule has 0 amide bonds. The molecule has 1 unspecified atom stereocenters. The number of thioether (sulfide) groups is 1. The van der Waals surface area contributed by atoms with Gasteiger partial charge in [-0.2, -0.15) is 0 Å². The van der Waals surface area contributed by atoms with Crippen molar-refractivity contribution in [2.24, 2.45) is 0 Å². The molecule has 0 aromatic rings. The number of hydrogen-bond donors (Lipinski definition) is 0. The van der Waals surface area contributed by atoms with E-state index in [1.165, 1.54) is 5.70 Å². The summed E-state index contributed by atoms with van der Waals surface area (Å²) in [5.41, 5.74) is 1.73. The molecule has 12 heavy (non-hydrogen) atoms. The lowest BCUT2D eigenvalue weighted by Crippen LogP contribution is -2.45. The van der Waals surface area contributed by atoms with Gasteiger partial charge in [0.2, 0.25) is 0 Å². The molecule has 1 aliphatic rings. The van der Waals surface area contributed by atoms with E-state index >= 15 is 0 Å². The highest BCUT2D eigenvalue weighted by molar-refractivity contribution is 8.02. The Morgan fingerprint density at radius 1 is 1.33 bits per heavy atom. The van der Waals surface area contributed by atoms with Crippen LogP contribution in [0.1, 0.15) is 6.92 Å². The monoisotopic (exact) mass is 187 g/mol. The van der Waals surface area contributed by atoms with Crippen LogP contribution in [0.25, 0.3) is 0 Å². The van der Waals surface area contributed by atoms with Crippen LogP contribution in [-0.2, 0) is 0 Å². The minimum absolute atomic E-state index is 0.417. The molecule has 0 radical (unpaired) electrons. The number of allylic oxidation sites excluding steroid dienone is 1. The minimum atomic E-state index is 0.417. The first-order valence-corrected chi connectivity index (χ1v) is 4.93. The van der Waals surface area contributed by atoms with E-state index in [1.807, 2.05) is 11.8 Å². The molecule has 1 aliphatic heterocycles. The Labute approximate surface area is 79.0 Å². The fourth-order valence-corrected chi connectivity index (χ4v) is 2.44. The molecule has 1 atom stereocenters. The summed E-state index contributed by atoms with van der Waals surface area (Å²) in [6.07, 6.45) is 0. The normalized spacial score (nSPS) is 24.1. The predicted molar refractivity (Wildman–Crippen MR) is 54.3 cm³/mol. The highest BCUT2D eigenvalue weighted by atomic mass is 32.2. The van der Waals surface area contributed by atoms with Crippen LogP contribution in [0.4, 0.5) is 0 Å². The maximum Gasteiger partial charge on any atom is 0.148 e. The quantitative estimate of drug-likeness (QED) is 0.642. The van der Waals surface area contributed by atoms with Gasteiger partial charge in [0.15, 0.2) is 0 Å². The maximum atomic E-state index is 2.27. The van der Waals surface area contributed by atoms with E-state index in [0.29, 0.717) is 5.50 Å². The summed E-state index contributed by atoms with van der Waals surface area (Å²) in [4.78, 5) is 2.21. The van der Waals surface area contributed by atoms with Gasteiger partial charge in [0.05, 0.1) is 0 Å². The maximum absolute atomic E-state index is 2.27. The minimum Gasteiger partial charge on any atom is -0.283 e. The van der Waals surface area contributed by atoms with Gasteiger partial charge in [-0.05, 0) is 26.4 Å².